The van der Waals surface area contributed by atoms with Gasteiger partial charge in [0.15, 0.2) is 0 Å². The highest BCUT2D eigenvalue weighted by Crippen LogP contribution is 2.23. The van der Waals surface area contributed by atoms with Crippen molar-refractivity contribution in [1.82, 2.24) is 9.36 Å². The first-order chi connectivity index (χ1) is 7.66. The van der Waals surface area contributed by atoms with Gasteiger partial charge in [-0.05, 0) is 18.2 Å². The maximum Gasteiger partial charge on any atom is 0.257 e. The number of aromatic nitrogens is 2. The van der Waals surface area contributed by atoms with Crippen LogP contribution in [0.5, 0.6) is 0 Å². The highest BCUT2D eigenvalue weighted by molar-refractivity contribution is 7.09. The zero-order chi connectivity index (χ0) is 11.5. The van der Waals surface area contributed by atoms with Gasteiger partial charge in [-0.1, -0.05) is 23.2 Å². The highest BCUT2D eigenvalue weighted by atomic mass is 35.5. The van der Waals surface area contributed by atoms with Crippen molar-refractivity contribution in [3.05, 3.63) is 40.1 Å². The molecule has 0 aliphatic carbocycles. The van der Waals surface area contributed by atoms with E-state index in [1.54, 1.807) is 12.1 Å². The van der Waals surface area contributed by atoms with E-state index in [1.807, 2.05) is 0 Å². The number of nitrogens with zero attached hydrogens (tertiary/aromatic N) is 2. The van der Waals surface area contributed by atoms with Gasteiger partial charge >= 0.3 is 0 Å². The number of nitrogens with one attached hydrogen (secondary N) is 1. The van der Waals surface area contributed by atoms with Crippen LogP contribution in [0.2, 0.25) is 10.0 Å². The summed E-state index contributed by atoms with van der Waals surface area (Å²) in [4.78, 5) is 15.5. The summed E-state index contributed by atoms with van der Waals surface area (Å²) >= 11 is 12.6. The lowest BCUT2D eigenvalue weighted by Crippen LogP contribution is -2.11. The number of amides is 1. The van der Waals surface area contributed by atoms with Gasteiger partial charge < -0.3 is 0 Å². The average molecular weight is 274 g/mol. The standard InChI is InChI=1S/C9H5Cl2N3OS/c10-6-2-1-5(3-7(6)11)8(15)14-9-12-4-13-16-9/h1-4H,(H,12,13,14,15). The van der Waals surface area contributed by atoms with Crippen LogP contribution in [-0.2, 0) is 0 Å². The second kappa shape index (κ2) is 4.78. The second-order valence-electron chi connectivity index (χ2n) is 2.83. The Labute approximate surface area is 105 Å². The Bertz CT molecular complexity index is 515. The van der Waals surface area contributed by atoms with Gasteiger partial charge in [0, 0.05) is 17.1 Å². The first-order valence-corrected chi connectivity index (χ1v) is 5.73. The van der Waals surface area contributed by atoms with Crippen molar-refractivity contribution in [2.24, 2.45) is 0 Å². The SMILES string of the molecule is O=C(Nc1ncns1)c1ccc(Cl)c(Cl)c1. The minimum Gasteiger partial charge on any atom is -0.297 e. The molecule has 2 aromatic rings. The molecule has 1 N–H and O–H groups in total. The van der Waals surface area contributed by atoms with E-state index in [1.165, 1.54) is 12.4 Å². The van der Waals surface area contributed by atoms with Gasteiger partial charge in [-0.3, -0.25) is 10.1 Å². The molecule has 0 radical (unpaired) electrons. The smallest absolute Gasteiger partial charge is 0.257 e. The van der Waals surface area contributed by atoms with Gasteiger partial charge in [0.2, 0.25) is 5.13 Å². The van der Waals surface area contributed by atoms with Crippen molar-refractivity contribution in [2.75, 3.05) is 5.32 Å². The lowest BCUT2D eigenvalue weighted by Gasteiger charge is -2.02. The molecule has 82 valence electrons. The van der Waals surface area contributed by atoms with E-state index in [9.17, 15) is 4.79 Å². The molecule has 1 amide bonds. The molecule has 7 heteroatoms. The van der Waals surface area contributed by atoms with Crippen molar-refractivity contribution >= 4 is 45.8 Å². The van der Waals surface area contributed by atoms with Crippen LogP contribution in [-0.4, -0.2) is 15.3 Å². The third-order valence-corrected chi connectivity index (χ3v) is 3.08. The summed E-state index contributed by atoms with van der Waals surface area (Å²) in [6.07, 6.45) is 1.37. The normalized spacial score (nSPS) is 10.1. The highest BCUT2D eigenvalue weighted by Gasteiger charge is 2.09. The quantitative estimate of drug-likeness (QED) is 0.915. The van der Waals surface area contributed by atoms with Crippen LogP contribution in [0.3, 0.4) is 0 Å². The zero-order valence-electron chi connectivity index (χ0n) is 7.78. The van der Waals surface area contributed by atoms with Crippen molar-refractivity contribution in [3.63, 3.8) is 0 Å². The topological polar surface area (TPSA) is 54.9 Å². The van der Waals surface area contributed by atoms with Crippen LogP contribution in [0, 0.1) is 0 Å². The number of hydrogen-bond acceptors (Lipinski definition) is 4. The summed E-state index contributed by atoms with van der Waals surface area (Å²) < 4.78 is 3.77. The summed E-state index contributed by atoms with van der Waals surface area (Å²) in [6, 6.07) is 4.66. The predicted octanol–water partition coefficient (Wildman–Crippen LogP) is 3.10. The third kappa shape index (κ3) is 2.49. The molecule has 0 aliphatic rings. The molecule has 2 rings (SSSR count). The zero-order valence-corrected chi connectivity index (χ0v) is 10.1. The molecule has 1 aromatic heterocycles. The molecule has 0 fully saturated rings. The van der Waals surface area contributed by atoms with Gasteiger partial charge in [-0.25, -0.2) is 4.98 Å². The maximum absolute atomic E-state index is 11.7. The lowest BCUT2D eigenvalue weighted by molar-refractivity contribution is 0.102. The molecule has 0 bridgehead atoms. The Morgan fingerprint density at radius 1 is 1.31 bits per heavy atom. The first kappa shape index (κ1) is 11.3. The lowest BCUT2D eigenvalue weighted by atomic mass is 10.2. The molecular formula is C9H5Cl2N3OS. The number of rotatable bonds is 2. The van der Waals surface area contributed by atoms with Gasteiger partial charge in [0.1, 0.15) is 6.33 Å². The number of carbonyl (C=O) groups is 1. The van der Waals surface area contributed by atoms with E-state index in [0.29, 0.717) is 20.7 Å². The van der Waals surface area contributed by atoms with Crippen molar-refractivity contribution < 1.29 is 4.79 Å². The Kier molecular flexibility index (Phi) is 3.38. The van der Waals surface area contributed by atoms with Crippen LogP contribution in [0.15, 0.2) is 24.5 Å². The van der Waals surface area contributed by atoms with Gasteiger partial charge in [0.05, 0.1) is 10.0 Å². The fraction of sp³-hybridized carbons (Fsp3) is 0. The fourth-order valence-electron chi connectivity index (χ4n) is 1.03. The van der Waals surface area contributed by atoms with E-state index in [4.69, 9.17) is 23.2 Å². The van der Waals surface area contributed by atoms with Crippen molar-refractivity contribution in [1.29, 1.82) is 0 Å². The summed E-state index contributed by atoms with van der Waals surface area (Å²) in [5.41, 5.74) is 0.421. The molecule has 0 saturated heterocycles. The monoisotopic (exact) mass is 273 g/mol. The Hall–Kier alpha value is -1.17. The average Bonchev–Trinajstić information content (AvgIpc) is 2.74. The maximum atomic E-state index is 11.7. The molecule has 0 spiro atoms. The molecule has 0 atom stereocenters. The predicted molar refractivity (Wildman–Crippen MR) is 64.3 cm³/mol. The van der Waals surface area contributed by atoms with E-state index in [-0.39, 0.29) is 5.91 Å². The van der Waals surface area contributed by atoms with E-state index in [2.05, 4.69) is 14.7 Å². The molecule has 0 aliphatic heterocycles. The van der Waals surface area contributed by atoms with Crippen LogP contribution in [0.4, 0.5) is 5.13 Å². The van der Waals surface area contributed by atoms with Crippen LogP contribution in [0.1, 0.15) is 10.4 Å². The number of anilines is 1. The van der Waals surface area contributed by atoms with Gasteiger partial charge in [-0.2, -0.15) is 4.37 Å². The first-order valence-electron chi connectivity index (χ1n) is 4.20. The van der Waals surface area contributed by atoms with Crippen LogP contribution in [0.25, 0.3) is 0 Å². The number of halogens is 2. The Balaban J connectivity index is 2.18. The van der Waals surface area contributed by atoms with E-state index >= 15 is 0 Å². The fourth-order valence-corrected chi connectivity index (χ4v) is 1.76. The minimum absolute atomic E-state index is 0.296. The molecular weight excluding hydrogens is 269 g/mol. The van der Waals surface area contributed by atoms with Crippen molar-refractivity contribution in [3.8, 4) is 0 Å². The molecule has 4 nitrogen and oxygen atoms in total. The minimum atomic E-state index is -0.296. The summed E-state index contributed by atoms with van der Waals surface area (Å²) in [5, 5.41) is 3.78. The van der Waals surface area contributed by atoms with Crippen LogP contribution < -0.4 is 5.32 Å². The van der Waals surface area contributed by atoms with Crippen LogP contribution >= 0.6 is 34.7 Å². The van der Waals surface area contributed by atoms with Gasteiger partial charge in [-0.15, -0.1) is 0 Å². The summed E-state index contributed by atoms with van der Waals surface area (Å²) in [7, 11) is 0. The van der Waals surface area contributed by atoms with Crippen molar-refractivity contribution in [2.45, 2.75) is 0 Å². The van der Waals surface area contributed by atoms with Gasteiger partial charge in [0.25, 0.3) is 5.91 Å². The molecule has 1 aromatic carbocycles. The third-order valence-electron chi connectivity index (χ3n) is 1.76. The number of benzene rings is 1. The largest absolute Gasteiger partial charge is 0.297 e. The summed E-state index contributed by atoms with van der Waals surface area (Å²) in [6.45, 7) is 0. The second-order valence-corrected chi connectivity index (χ2v) is 4.42. The van der Waals surface area contributed by atoms with E-state index in [0.717, 1.165) is 11.5 Å². The molecule has 0 unspecified atom stereocenters. The molecule has 0 saturated carbocycles. The Morgan fingerprint density at radius 2 is 2.12 bits per heavy atom. The molecule has 16 heavy (non-hydrogen) atoms. The summed E-state index contributed by atoms with van der Waals surface area (Å²) in [5.74, 6) is -0.296. The number of hydrogen-bond donors (Lipinski definition) is 1. The Morgan fingerprint density at radius 3 is 2.75 bits per heavy atom. The number of carbonyl (C=O) groups excluding carboxylic acids is 1. The molecule has 1 heterocycles. The van der Waals surface area contributed by atoms with E-state index < -0.39 is 0 Å².